The molecule has 2 nitrogen and oxygen atoms in total. The Morgan fingerprint density at radius 2 is 1.90 bits per heavy atom. The van der Waals surface area contributed by atoms with Crippen molar-refractivity contribution in [3.63, 3.8) is 0 Å². The number of nitrogens with one attached hydrogen (secondary N) is 1. The Kier molecular flexibility index (Phi) is 5.56. The van der Waals surface area contributed by atoms with E-state index in [0.717, 1.165) is 29.8 Å². The van der Waals surface area contributed by atoms with Crippen LogP contribution in [0, 0.1) is 5.82 Å². The average molecular weight is 337 g/mol. The smallest absolute Gasteiger partial charge is 0.123 e. The highest BCUT2D eigenvalue weighted by molar-refractivity contribution is 9.10. The number of hydrogen-bond acceptors (Lipinski definition) is 2. The van der Waals surface area contributed by atoms with Gasteiger partial charge in [0.2, 0.25) is 0 Å². The van der Waals surface area contributed by atoms with Crippen LogP contribution in [0.2, 0.25) is 0 Å². The summed E-state index contributed by atoms with van der Waals surface area (Å²) in [6.07, 6.45) is 0. The lowest BCUT2D eigenvalue weighted by molar-refractivity contribution is 0.340. The molecule has 106 valence electrons. The second-order valence-electron chi connectivity index (χ2n) is 4.80. The molecule has 0 saturated heterocycles. The molecule has 0 aliphatic rings. The van der Waals surface area contributed by atoms with Crippen LogP contribution in [0.3, 0.4) is 0 Å². The van der Waals surface area contributed by atoms with E-state index in [9.17, 15) is 4.39 Å². The molecule has 0 atom stereocenters. The maximum Gasteiger partial charge on any atom is 0.123 e. The summed E-state index contributed by atoms with van der Waals surface area (Å²) in [6, 6.07) is 14.8. The standard InChI is InChI=1S/C16H18BrFN2/c1-20(12-13-3-2-4-14(17)11-13)10-9-19-16-7-5-15(18)6-8-16/h2-8,11,19H,9-10,12H2,1H3. The molecule has 0 aromatic heterocycles. The summed E-state index contributed by atoms with van der Waals surface area (Å²) in [7, 11) is 2.09. The number of likely N-dealkylation sites (N-methyl/N-ethyl adjacent to an activating group) is 1. The van der Waals surface area contributed by atoms with Crippen LogP contribution in [0.5, 0.6) is 0 Å². The number of halogens is 2. The van der Waals surface area contributed by atoms with Gasteiger partial charge in [-0.15, -0.1) is 0 Å². The van der Waals surface area contributed by atoms with Crippen LogP contribution in [0.1, 0.15) is 5.56 Å². The van der Waals surface area contributed by atoms with E-state index in [1.54, 1.807) is 12.1 Å². The molecule has 0 spiro atoms. The summed E-state index contributed by atoms with van der Waals surface area (Å²) in [4.78, 5) is 2.25. The molecule has 2 aromatic rings. The van der Waals surface area contributed by atoms with Crippen molar-refractivity contribution in [3.05, 3.63) is 64.4 Å². The van der Waals surface area contributed by atoms with Gasteiger partial charge < -0.3 is 10.2 Å². The van der Waals surface area contributed by atoms with Crippen molar-refractivity contribution >= 4 is 21.6 Å². The second kappa shape index (κ2) is 7.41. The molecule has 0 fully saturated rings. The van der Waals surface area contributed by atoms with Gasteiger partial charge in [-0.2, -0.15) is 0 Å². The van der Waals surface area contributed by atoms with Crippen LogP contribution in [0.25, 0.3) is 0 Å². The van der Waals surface area contributed by atoms with E-state index in [0.29, 0.717) is 0 Å². The molecule has 0 heterocycles. The first kappa shape index (κ1) is 15.0. The molecule has 0 aliphatic heterocycles. The van der Waals surface area contributed by atoms with E-state index in [1.165, 1.54) is 17.7 Å². The van der Waals surface area contributed by atoms with Gasteiger partial charge in [-0.1, -0.05) is 28.1 Å². The van der Waals surface area contributed by atoms with Gasteiger partial charge in [-0.05, 0) is 49.0 Å². The maximum absolute atomic E-state index is 12.8. The molecule has 0 unspecified atom stereocenters. The fourth-order valence-corrected chi connectivity index (χ4v) is 2.43. The lowest BCUT2D eigenvalue weighted by Gasteiger charge is -2.17. The van der Waals surface area contributed by atoms with Gasteiger partial charge in [-0.25, -0.2) is 4.39 Å². The summed E-state index contributed by atoms with van der Waals surface area (Å²) in [5.41, 5.74) is 2.23. The van der Waals surface area contributed by atoms with Crippen molar-refractivity contribution in [2.24, 2.45) is 0 Å². The fraction of sp³-hybridized carbons (Fsp3) is 0.250. The normalized spacial score (nSPS) is 10.8. The van der Waals surface area contributed by atoms with E-state index < -0.39 is 0 Å². The van der Waals surface area contributed by atoms with Crippen LogP contribution < -0.4 is 5.32 Å². The zero-order valence-electron chi connectivity index (χ0n) is 11.4. The Hall–Kier alpha value is -1.39. The molecule has 0 aliphatic carbocycles. The van der Waals surface area contributed by atoms with Crippen molar-refractivity contribution < 1.29 is 4.39 Å². The molecule has 0 radical (unpaired) electrons. The molecule has 2 rings (SSSR count). The van der Waals surface area contributed by atoms with Crippen LogP contribution in [-0.2, 0) is 6.54 Å². The number of rotatable bonds is 6. The minimum absolute atomic E-state index is 0.206. The fourth-order valence-electron chi connectivity index (χ4n) is 1.98. The minimum atomic E-state index is -0.206. The van der Waals surface area contributed by atoms with Gasteiger partial charge in [0.15, 0.2) is 0 Å². The zero-order chi connectivity index (χ0) is 14.4. The van der Waals surface area contributed by atoms with Crippen molar-refractivity contribution in [1.29, 1.82) is 0 Å². The molecule has 0 bridgehead atoms. The van der Waals surface area contributed by atoms with Gasteiger partial charge in [-0.3, -0.25) is 0 Å². The summed E-state index contributed by atoms with van der Waals surface area (Å²) in [5, 5.41) is 3.28. The average Bonchev–Trinajstić information content (AvgIpc) is 2.41. The lowest BCUT2D eigenvalue weighted by atomic mass is 10.2. The Balaban J connectivity index is 1.75. The highest BCUT2D eigenvalue weighted by Gasteiger charge is 2.01. The Morgan fingerprint density at radius 3 is 2.60 bits per heavy atom. The molecule has 0 amide bonds. The van der Waals surface area contributed by atoms with E-state index >= 15 is 0 Å². The third-order valence-corrected chi connectivity index (χ3v) is 3.50. The molecule has 1 N–H and O–H groups in total. The highest BCUT2D eigenvalue weighted by Crippen LogP contribution is 2.13. The van der Waals surface area contributed by atoms with Gasteiger partial charge in [0, 0.05) is 29.8 Å². The number of hydrogen-bond donors (Lipinski definition) is 1. The predicted molar refractivity (Wildman–Crippen MR) is 85.4 cm³/mol. The summed E-state index contributed by atoms with van der Waals surface area (Å²) in [6.45, 7) is 2.66. The molecular weight excluding hydrogens is 319 g/mol. The van der Waals surface area contributed by atoms with Crippen molar-refractivity contribution in [2.45, 2.75) is 6.54 Å². The van der Waals surface area contributed by atoms with Crippen molar-refractivity contribution in [2.75, 3.05) is 25.5 Å². The molecule has 20 heavy (non-hydrogen) atoms. The first-order valence-electron chi connectivity index (χ1n) is 6.56. The summed E-state index contributed by atoms with van der Waals surface area (Å²) < 4.78 is 13.9. The number of anilines is 1. The summed E-state index contributed by atoms with van der Waals surface area (Å²) >= 11 is 3.48. The van der Waals surface area contributed by atoms with E-state index in [-0.39, 0.29) is 5.82 Å². The first-order chi connectivity index (χ1) is 9.63. The quantitative estimate of drug-likeness (QED) is 0.853. The lowest BCUT2D eigenvalue weighted by Crippen LogP contribution is -2.24. The van der Waals surface area contributed by atoms with Crippen LogP contribution >= 0.6 is 15.9 Å². The maximum atomic E-state index is 12.8. The van der Waals surface area contributed by atoms with Crippen LogP contribution in [0.4, 0.5) is 10.1 Å². The molecule has 4 heteroatoms. The Bertz CT molecular complexity index is 542. The SMILES string of the molecule is CN(CCNc1ccc(F)cc1)Cc1cccc(Br)c1. The molecule has 2 aromatic carbocycles. The molecule has 0 saturated carbocycles. The largest absolute Gasteiger partial charge is 0.384 e. The van der Waals surface area contributed by atoms with E-state index in [1.807, 2.05) is 12.1 Å². The van der Waals surface area contributed by atoms with Gasteiger partial charge in [0.25, 0.3) is 0 Å². The zero-order valence-corrected chi connectivity index (χ0v) is 13.0. The van der Waals surface area contributed by atoms with Gasteiger partial charge in [0.1, 0.15) is 5.82 Å². The number of nitrogens with zero attached hydrogens (tertiary/aromatic N) is 1. The first-order valence-corrected chi connectivity index (χ1v) is 7.35. The summed E-state index contributed by atoms with van der Waals surface area (Å²) in [5.74, 6) is -0.206. The topological polar surface area (TPSA) is 15.3 Å². The minimum Gasteiger partial charge on any atom is -0.384 e. The van der Waals surface area contributed by atoms with Crippen molar-refractivity contribution in [3.8, 4) is 0 Å². The number of benzene rings is 2. The predicted octanol–water partition coefficient (Wildman–Crippen LogP) is 4.13. The van der Waals surface area contributed by atoms with E-state index in [4.69, 9.17) is 0 Å². The van der Waals surface area contributed by atoms with Gasteiger partial charge in [0.05, 0.1) is 0 Å². The monoisotopic (exact) mass is 336 g/mol. The van der Waals surface area contributed by atoms with Crippen LogP contribution in [0.15, 0.2) is 53.0 Å². The Morgan fingerprint density at radius 1 is 1.15 bits per heavy atom. The van der Waals surface area contributed by atoms with Gasteiger partial charge >= 0.3 is 0 Å². The highest BCUT2D eigenvalue weighted by atomic mass is 79.9. The molecular formula is C16H18BrFN2. The van der Waals surface area contributed by atoms with Crippen LogP contribution in [-0.4, -0.2) is 25.0 Å². The third kappa shape index (κ3) is 4.94. The second-order valence-corrected chi connectivity index (χ2v) is 5.72. The van der Waals surface area contributed by atoms with E-state index in [2.05, 4.69) is 45.3 Å². The third-order valence-electron chi connectivity index (χ3n) is 3.01. The van der Waals surface area contributed by atoms with Crippen molar-refractivity contribution in [1.82, 2.24) is 4.90 Å². The Labute approximate surface area is 127 Å².